The Morgan fingerprint density at radius 1 is 1.53 bits per heavy atom. The molecule has 2 bridgehead atoms. The van der Waals surface area contributed by atoms with Gasteiger partial charge in [0.1, 0.15) is 0 Å². The molecule has 2 saturated carbocycles. The van der Waals surface area contributed by atoms with E-state index in [1.807, 2.05) is 6.08 Å². The lowest BCUT2D eigenvalue weighted by molar-refractivity contribution is -0.157. The Kier molecular flexibility index (Phi) is 2.26. The van der Waals surface area contributed by atoms with E-state index >= 15 is 0 Å². The van der Waals surface area contributed by atoms with Crippen molar-refractivity contribution < 1.29 is 9.53 Å². The summed E-state index contributed by atoms with van der Waals surface area (Å²) in [5.74, 6) is 2.87. The number of carbonyl (C=O) groups is 1. The maximum absolute atomic E-state index is 12.0. The first-order valence-corrected chi connectivity index (χ1v) is 6.51. The van der Waals surface area contributed by atoms with Crippen molar-refractivity contribution in [2.75, 3.05) is 7.11 Å². The Bertz CT molecular complexity index is 398. The van der Waals surface area contributed by atoms with Crippen LogP contribution in [0.1, 0.15) is 19.8 Å². The first-order chi connectivity index (χ1) is 8.11. The summed E-state index contributed by atoms with van der Waals surface area (Å²) in [6, 6.07) is 0. The number of allylic oxidation sites excluding steroid dienone is 3. The topological polar surface area (TPSA) is 26.3 Å². The highest BCUT2D eigenvalue weighted by Crippen LogP contribution is 2.65. The Balaban J connectivity index is 1.93. The molecular weight excluding hydrogens is 212 g/mol. The second-order valence-corrected chi connectivity index (χ2v) is 6.07. The number of fused-ring (bicyclic) bond motifs is 5. The molecule has 6 atom stereocenters. The van der Waals surface area contributed by atoms with Gasteiger partial charge in [0, 0.05) is 0 Å². The van der Waals surface area contributed by atoms with E-state index in [-0.39, 0.29) is 11.4 Å². The standard InChI is InChI=1S/C15H20O2/c1-4-9-5-6-11-10-7-12(13(9)11)15(2,8-10)14(16)17-3/h4-6,9-13H,1,7-8H2,2-3H3/t9-,10+,11-,12+,13-,15+/m1/s1. The summed E-state index contributed by atoms with van der Waals surface area (Å²) in [6.45, 7) is 6.03. The number of methoxy groups -OCH3 is 1. The van der Waals surface area contributed by atoms with Crippen LogP contribution in [0, 0.1) is 35.0 Å². The molecule has 0 N–H and O–H groups in total. The van der Waals surface area contributed by atoms with Gasteiger partial charge in [-0.2, -0.15) is 0 Å². The molecule has 92 valence electrons. The van der Waals surface area contributed by atoms with E-state index in [9.17, 15) is 4.79 Å². The third-order valence-corrected chi connectivity index (χ3v) is 5.44. The molecule has 17 heavy (non-hydrogen) atoms. The number of hydrogen-bond acceptors (Lipinski definition) is 2. The maximum Gasteiger partial charge on any atom is 0.311 e. The van der Waals surface area contributed by atoms with Crippen molar-refractivity contribution >= 4 is 5.97 Å². The summed E-state index contributed by atoms with van der Waals surface area (Å²) in [5.41, 5.74) is -0.256. The van der Waals surface area contributed by atoms with Crippen LogP contribution in [0.25, 0.3) is 0 Å². The number of rotatable bonds is 2. The van der Waals surface area contributed by atoms with Crippen LogP contribution in [0.5, 0.6) is 0 Å². The van der Waals surface area contributed by atoms with Crippen molar-refractivity contribution in [2.45, 2.75) is 19.8 Å². The molecular formula is C15H20O2. The highest BCUT2D eigenvalue weighted by atomic mass is 16.5. The lowest BCUT2D eigenvalue weighted by Crippen LogP contribution is -2.41. The Morgan fingerprint density at radius 2 is 2.29 bits per heavy atom. The summed E-state index contributed by atoms with van der Waals surface area (Å²) >= 11 is 0. The summed E-state index contributed by atoms with van der Waals surface area (Å²) in [6.07, 6.45) is 8.87. The lowest BCUT2D eigenvalue weighted by Gasteiger charge is -2.39. The zero-order valence-corrected chi connectivity index (χ0v) is 10.6. The van der Waals surface area contributed by atoms with Crippen molar-refractivity contribution in [1.82, 2.24) is 0 Å². The summed E-state index contributed by atoms with van der Waals surface area (Å²) in [4.78, 5) is 12.0. The van der Waals surface area contributed by atoms with Crippen LogP contribution in [-0.2, 0) is 9.53 Å². The molecule has 2 heteroatoms. The fraction of sp³-hybridized carbons (Fsp3) is 0.667. The van der Waals surface area contributed by atoms with E-state index in [1.54, 1.807) is 0 Å². The molecule has 0 aliphatic heterocycles. The van der Waals surface area contributed by atoms with Gasteiger partial charge in [-0.15, -0.1) is 6.58 Å². The zero-order valence-electron chi connectivity index (χ0n) is 10.6. The van der Waals surface area contributed by atoms with E-state index in [4.69, 9.17) is 4.74 Å². The van der Waals surface area contributed by atoms with E-state index in [0.717, 1.165) is 6.42 Å². The molecule has 0 heterocycles. The molecule has 3 aliphatic carbocycles. The molecule has 0 spiro atoms. The van der Waals surface area contributed by atoms with E-state index < -0.39 is 0 Å². The van der Waals surface area contributed by atoms with Crippen molar-refractivity contribution in [2.24, 2.45) is 35.0 Å². The molecule has 0 radical (unpaired) electrons. The maximum atomic E-state index is 12.0. The summed E-state index contributed by atoms with van der Waals surface area (Å²) in [5, 5.41) is 0. The number of hydrogen-bond donors (Lipinski definition) is 0. The predicted octanol–water partition coefficient (Wildman–Crippen LogP) is 2.81. The van der Waals surface area contributed by atoms with Gasteiger partial charge >= 0.3 is 5.97 Å². The Labute approximate surface area is 103 Å². The molecule has 3 aliphatic rings. The van der Waals surface area contributed by atoms with E-state index in [0.29, 0.717) is 29.6 Å². The molecule has 2 fully saturated rings. The smallest absolute Gasteiger partial charge is 0.311 e. The van der Waals surface area contributed by atoms with Gasteiger partial charge in [0.25, 0.3) is 0 Å². The van der Waals surface area contributed by atoms with Gasteiger partial charge in [-0.3, -0.25) is 4.79 Å². The molecule has 2 nitrogen and oxygen atoms in total. The Morgan fingerprint density at radius 3 is 2.94 bits per heavy atom. The predicted molar refractivity (Wildman–Crippen MR) is 66.1 cm³/mol. The lowest BCUT2D eigenvalue weighted by atomic mass is 9.64. The van der Waals surface area contributed by atoms with Gasteiger partial charge in [0.05, 0.1) is 12.5 Å². The molecule has 0 aromatic carbocycles. The molecule has 0 aromatic heterocycles. The highest BCUT2D eigenvalue weighted by molar-refractivity contribution is 5.77. The first kappa shape index (κ1) is 11.1. The van der Waals surface area contributed by atoms with E-state index in [2.05, 4.69) is 25.7 Å². The van der Waals surface area contributed by atoms with Crippen LogP contribution < -0.4 is 0 Å². The van der Waals surface area contributed by atoms with Crippen LogP contribution >= 0.6 is 0 Å². The molecule has 0 unspecified atom stereocenters. The first-order valence-electron chi connectivity index (χ1n) is 6.51. The van der Waals surface area contributed by atoms with Crippen LogP contribution in [0.2, 0.25) is 0 Å². The van der Waals surface area contributed by atoms with Crippen molar-refractivity contribution in [3.8, 4) is 0 Å². The van der Waals surface area contributed by atoms with Crippen molar-refractivity contribution in [1.29, 1.82) is 0 Å². The normalized spacial score (nSPS) is 50.4. The van der Waals surface area contributed by atoms with Gasteiger partial charge in [-0.25, -0.2) is 0 Å². The molecule has 0 aromatic rings. The second kappa shape index (κ2) is 3.47. The average molecular weight is 232 g/mol. The summed E-state index contributed by atoms with van der Waals surface area (Å²) < 4.78 is 5.02. The van der Waals surface area contributed by atoms with Gasteiger partial charge in [0.2, 0.25) is 0 Å². The number of esters is 1. The fourth-order valence-corrected chi connectivity index (χ4v) is 4.72. The minimum atomic E-state index is -0.256. The van der Waals surface area contributed by atoms with Crippen LogP contribution in [0.3, 0.4) is 0 Å². The van der Waals surface area contributed by atoms with Gasteiger partial charge in [-0.05, 0) is 49.4 Å². The minimum Gasteiger partial charge on any atom is -0.469 e. The molecule has 0 saturated heterocycles. The SMILES string of the molecule is C=C[C@@H]1C=C[C@@H]2[C@H]3C[C@@H]([C@H]12)[C@@](C)(C(=O)OC)C3. The van der Waals surface area contributed by atoms with Crippen LogP contribution in [0.15, 0.2) is 24.8 Å². The van der Waals surface area contributed by atoms with Crippen molar-refractivity contribution in [3.05, 3.63) is 24.8 Å². The number of ether oxygens (including phenoxy) is 1. The fourth-order valence-electron chi connectivity index (χ4n) is 4.72. The second-order valence-electron chi connectivity index (χ2n) is 6.07. The Hall–Kier alpha value is -1.05. The number of carbonyl (C=O) groups excluding carboxylic acids is 1. The third kappa shape index (κ3) is 1.24. The molecule has 3 rings (SSSR count). The monoisotopic (exact) mass is 232 g/mol. The summed E-state index contributed by atoms with van der Waals surface area (Å²) in [7, 11) is 1.51. The average Bonchev–Trinajstić information content (AvgIpc) is 2.96. The van der Waals surface area contributed by atoms with Gasteiger partial charge in [0.15, 0.2) is 0 Å². The van der Waals surface area contributed by atoms with Gasteiger partial charge in [-0.1, -0.05) is 18.2 Å². The van der Waals surface area contributed by atoms with E-state index in [1.165, 1.54) is 13.5 Å². The third-order valence-electron chi connectivity index (χ3n) is 5.44. The zero-order chi connectivity index (χ0) is 12.2. The quantitative estimate of drug-likeness (QED) is 0.540. The van der Waals surface area contributed by atoms with Gasteiger partial charge < -0.3 is 4.74 Å². The highest BCUT2D eigenvalue weighted by Gasteiger charge is 2.62. The van der Waals surface area contributed by atoms with Crippen LogP contribution in [-0.4, -0.2) is 13.1 Å². The van der Waals surface area contributed by atoms with Crippen molar-refractivity contribution in [3.63, 3.8) is 0 Å². The van der Waals surface area contributed by atoms with Crippen LogP contribution in [0.4, 0.5) is 0 Å². The minimum absolute atomic E-state index is 0.0156. The largest absolute Gasteiger partial charge is 0.469 e. The molecule has 0 amide bonds.